The average molecular weight is 461 g/mol. The van der Waals surface area contributed by atoms with Crippen LogP contribution in [0.4, 0.5) is 11.4 Å². The van der Waals surface area contributed by atoms with Crippen LogP contribution in [-0.4, -0.2) is 42.9 Å². The summed E-state index contributed by atoms with van der Waals surface area (Å²) >= 11 is 1.64. The third-order valence-corrected chi connectivity index (χ3v) is 7.26. The molecule has 170 valence electrons. The van der Waals surface area contributed by atoms with E-state index in [1.165, 1.54) is 32.4 Å². The Labute approximate surface area is 198 Å². The Morgan fingerprint density at radius 1 is 1.03 bits per heavy atom. The molecule has 0 bridgehead atoms. The molecule has 5 rings (SSSR count). The van der Waals surface area contributed by atoms with Gasteiger partial charge >= 0.3 is 0 Å². The van der Waals surface area contributed by atoms with Gasteiger partial charge in [-0.1, -0.05) is 18.6 Å². The molecule has 2 aliphatic heterocycles. The highest BCUT2D eigenvalue weighted by atomic mass is 32.1. The first-order chi connectivity index (χ1) is 16.2. The number of hydrogen-bond acceptors (Lipinski definition) is 5. The van der Waals surface area contributed by atoms with Crippen molar-refractivity contribution < 1.29 is 9.59 Å². The second kappa shape index (κ2) is 9.77. The van der Waals surface area contributed by atoms with Crippen molar-refractivity contribution in [3.8, 4) is 10.4 Å². The van der Waals surface area contributed by atoms with Gasteiger partial charge in [0.05, 0.1) is 11.3 Å². The highest BCUT2D eigenvalue weighted by Crippen LogP contribution is 2.36. The van der Waals surface area contributed by atoms with E-state index in [1.54, 1.807) is 11.3 Å². The predicted molar refractivity (Wildman–Crippen MR) is 134 cm³/mol. The van der Waals surface area contributed by atoms with Crippen molar-refractivity contribution in [1.29, 1.82) is 0 Å². The van der Waals surface area contributed by atoms with Gasteiger partial charge in [0, 0.05) is 35.8 Å². The molecule has 0 atom stereocenters. The van der Waals surface area contributed by atoms with Gasteiger partial charge in [-0.25, -0.2) is 0 Å². The Bertz CT molecular complexity index is 1140. The zero-order valence-corrected chi connectivity index (χ0v) is 19.3. The van der Waals surface area contributed by atoms with Crippen LogP contribution in [0.3, 0.4) is 0 Å². The molecule has 7 heteroatoms. The van der Waals surface area contributed by atoms with Crippen LogP contribution in [0.25, 0.3) is 10.4 Å². The van der Waals surface area contributed by atoms with Gasteiger partial charge in [-0.15, -0.1) is 11.3 Å². The molecule has 3 heterocycles. The molecule has 1 fully saturated rings. The fraction of sp³-hybridized carbons (Fsp3) is 0.308. The number of nitrogens with zero attached hydrogens (tertiary/aromatic N) is 1. The molecule has 3 N–H and O–H groups in total. The Morgan fingerprint density at radius 3 is 2.61 bits per heavy atom. The smallest absolute Gasteiger partial charge is 0.255 e. The van der Waals surface area contributed by atoms with Gasteiger partial charge in [0.1, 0.15) is 0 Å². The van der Waals surface area contributed by atoms with E-state index in [4.69, 9.17) is 0 Å². The zero-order chi connectivity index (χ0) is 22.6. The number of anilines is 2. The lowest BCUT2D eigenvalue weighted by molar-refractivity contribution is 0.0966. The Kier molecular flexibility index (Phi) is 6.41. The van der Waals surface area contributed by atoms with Crippen LogP contribution in [0.1, 0.15) is 45.5 Å². The molecule has 0 spiro atoms. The number of hydrogen-bond donors (Lipinski definition) is 3. The van der Waals surface area contributed by atoms with Gasteiger partial charge in [0.25, 0.3) is 11.8 Å². The topological polar surface area (TPSA) is 73.5 Å². The fourth-order valence-corrected chi connectivity index (χ4v) is 5.37. The number of thiophene rings is 1. The number of amides is 2. The molecule has 1 aromatic heterocycles. The van der Waals surface area contributed by atoms with Crippen LogP contribution in [-0.2, 0) is 6.54 Å². The Morgan fingerprint density at radius 2 is 1.85 bits per heavy atom. The van der Waals surface area contributed by atoms with Crippen molar-refractivity contribution in [2.45, 2.75) is 25.8 Å². The van der Waals surface area contributed by atoms with Gasteiger partial charge in [0.15, 0.2) is 0 Å². The predicted octanol–water partition coefficient (Wildman–Crippen LogP) is 4.81. The van der Waals surface area contributed by atoms with E-state index < -0.39 is 0 Å². The summed E-state index contributed by atoms with van der Waals surface area (Å²) in [6, 6.07) is 15.4. The second-order valence-electron chi connectivity index (χ2n) is 8.53. The molecule has 3 aromatic rings. The standard InChI is InChI=1S/C26H28N4O2S/c31-25(18-6-8-19(9-7-18)27-12-15-30-13-2-1-3-14-30)29-22-11-10-20(23-5-4-16-33-23)21-17-28-26(32)24(21)22/h4-11,16,27H,1-3,12-15,17H2,(H,28,32)(H,29,31). The summed E-state index contributed by atoms with van der Waals surface area (Å²) in [7, 11) is 0. The van der Waals surface area contributed by atoms with E-state index in [1.807, 2.05) is 53.9 Å². The van der Waals surface area contributed by atoms with Gasteiger partial charge in [-0.3, -0.25) is 9.59 Å². The molecule has 33 heavy (non-hydrogen) atoms. The third-order valence-electron chi connectivity index (χ3n) is 6.35. The summed E-state index contributed by atoms with van der Waals surface area (Å²) < 4.78 is 0. The summed E-state index contributed by atoms with van der Waals surface area (Å²) in [5.41, 5.74) is 4.65. The highest BCUT2D eigenvalue weighted by Gasteiger charge is 2.27. The van der Waals surface area contributed by atoms with Gasteiger partial charge in [0.2, 0.25) is 0 Å². The van der Waals surface area contributed by atoms with E-state index in [0.717, 1.165) is 34.8 Å². The molecule has 1 saturated heterocycles. The molecule has 2 aliphatic rings. The van der Waals surface area contributed by atoms with Crippen LogP contribution in [0.5, 0.6) is 0 Å². The molecule has 0 radical (unpaired) electrons. The number of carbonyl (C=O) groups is 2. The lowest BCUT2D eigenvalue weighted by atomic mass is 10.00. The van der Waals surface area contributed by atoms with Gasteiger partial charge in [-0.2, -0.15) is 0 Å². The van der Waals surface area contributed by atoms with Crippen LogP contribution in [0, 0.1) is 0 Å². The summed E-state index contributed by atoms with van der Waals surface area (Å²) in [6.45, 7) is 4.79. The third kappa shape index (κ3) is 4.79. The largest absolute Gasteiger partial charge is 0.384 e. The molecular weight excluding hydrogens is 432 g/mol. The number of likely N-dealkylation sites (tertiary alicyclic amines) is 1. The van der Waals surface area contributed by atoms with Gasteiger partial charge in [-0.05, 0) is 78.8 Å². The highest BCUT2D eigenvalue weighted by molar-refractivity contribution is 7.13. The van der Waals surface area contributed by atoms with Crippen molar-refractivity contribution in [3.63, 3.8) is 0 Å². The number of nitrogens with one attached hydrogen (secondary N) is 3. The molecule has 6 nitrogen and oxygen atoms in total. The van der Waals surface area contributed by atoms with E-state index in [2.05, 4.69) is 20.9 Å². The zero-order valence-electron chi connectivity index (χ0n) is 18.5. The van der Waals surface area contributed by atoms with Crippen molar-refractivity contribution in [2.24, 2.45) is 0 Å². The SMILES string of the molecule is O=C(Nc1ccc(-c2cccs2)c2c1C(=O)NC2)c1ccc(NCCN2CCCCC2)cc1. The first-order valence-electron chi connectivity index (χ1n) is 11.5. The first-order valence-corrected chi connectivity index (χ1v) is 12.4. The minimum absolute atomic E-state index is 0.146. The average Bonchev–Trinajstić information content (AvgIpc) is 3.51. The quantitative estimate of drug-likeness (QED) is 0.473. The number of fused-ring (bicyclic) bond motifs is 1. The van der Waals surface area contributed by atoms with Crippen LogP contribution >= 0.6 is 11.3 Å². The Hall–Kier alpha value is -3.16. The number of carbonyl (C=O) groups excluding carboxylic acids is 2. The summed E-state index contributed by atoms with van der Waals surface area (Å²) in [5.74, 6) is -0.368. The minimum Gasteiger partial charge on any atom is -0.384 e. The minimum atomic E-state index is -0.222. The summed E-state index contributed by atoms with van der Waals surface area (Å²) in [5, 5.41) is 11.3. The summed E-state index contributed by atoms with van der Waals surface area (Å²) in [6.07, 6.45) is 3.94. The maximum absolute atomic E-state index is 12.9. The van der Waals surface area contributed by atoms with Crippen LogP contribution in [0.2, 0.25) is 0 Å². The van der Waals surface area contributed by atoms with E-state index in [-0.39, 0.29) is 11.8 Å². The van der Waals surface area contributed by atoms with Crippen molar-refractivity contribution in [3.05, 3.63) is 70.6 Å². The molecule has 0 saturated carbocycles. The Balaban J connectivity index is 1.24. The maximum Gasteiger partial charge on any atom is 0.255 e. The lowest BCUT2D eigenvalue weighted by Gasteiger charge is -2.26. The first kappa shape index (κ1) is 21.7. The maximum atomic E-state index is 12.9. The second-order valence-corrected chi connectivity index (χ2v) is 9.48. The monoisotopic (exact) mass is 460 g/mol. The van der Waals surface area contributed by atoms with E-state index in [9.17, 15) is 9.59 Å². The molecular formula is C26H28N4O2S. The van der Waals surface area contributed by atoms with Crippen LogP contribution < -0.4 is 16.0 Å². The normalized spacial score (nSPS) is 15.7. The lowest BCUT2D eigenvalue weighted by Crippen LogP contribution is -2.33. The van der Waals surface area contributed by atoms with E-state index in [0.29, 0.717) is 23.4 Å². The molecule has 2 aromatic carbocycles. The van der Waals surface area contributed by atoms with Crippen molar-refractivity contribution in [2.75, 3.05) is 36.8 Å². The number of piperidine rings is 1. The van der Waals surface area contributed by atoms with Crippen LogP contribution in [0.15, 0.2) is 53.9 Å². The molecule has 0 aliphatic carbocycles. The van der Waals surface area contributed by atoms with E-state index >= 15 is 0 Å². The van der Waals surface area contributed by atoms with Crippen molar-refractivity contribution in [1.82, 2.24) is 10.2 Å². The molecule has 0 unspecified atom stereocenters. The summed E-state index contributed by atoms with van der Waals surface area (Å²) in [4.78, 5) is 29.0. The fourth-order valence-electron chi connectivity index (χ4n) is 4.59. The van der Waals surface area contributed by atoms with Crippen molar-refractivity contribution >= 4 is 34.5 Å². The molecule has 2 amide bonds. The van der Waals surface area contributed by atoms with Gasteiger partial charge < -0.3 is 20.9 Å². The number of rotatable bonds is 7. The number of benzene rings is 2.